The van der Waals surface area contributed by atoms with E-state index in [2.05, 4.69) is 49.0 Å². The van der Waals surface area contributed by atoms with Crippen LogP contribution in [0.2, 0.25) is 0 Å². The van der Waals surface area contributed by atoms with E-state index in [0.29, 0.717) is 11.5 Å². The van der Waals surface area contributed by atoms with E-state index in [1.54, 1.807) is 0 Å². The number of nitrogens with one attached hydrogen (secondary N) is 1. The quantitative estimate of drug-likeness (QED) is 0.868. The van der Waals surface area contributed by atoms with Crippen LogP contribution in [0, 0.1) is 11.3 Å². The first-order chi connectivity index (χ1) is 8.59. The van der Waals surface area contributed by atoms with E-state index in [0.717, 1.165) is 5.92 Å². The Kier molecular flexibility index (Phi) is 4.10. The molecular formula is C15H27N3. The van der Waals surface area contributed by atoms with Crippen molar-refractivity contribution in [1.29, 1.82) is 0 Å². The summed E-state index contributed by atoms with van der Waals surface area (Å²) < 4.78 is 2.17. The summed E-state index contributed by atoms with van der Waals surface area (Å²) >= 11 is 0. The summed E-state index contributed by atoms with van der Waals surface area (Å²) in [5, 5.41) is 3.55. The fourth-order valence-electron chi connectivity index (χ4n) is 3.87. The van der Waals surface area contributed by atoms with Gasteiger partial charge in [-0.05, 0) is 37.6 Å². The summed E-state index contributed by atoms with van der Waals surface area (Å²) in [6.45, 7) is 4.68. The zero-order chi connectivity index (χ0) is 13.2. The van der Waals surface area contributed by atoms with Gasteiger partial charge in [0.15, 0.2) is 0 Å². The minimum absolute atomic E-state index is 0.391. The molecule has 1 fully saturated rings. The molecule has 0 aliphatic heterocycles. The Hall–Kier alpha value is -0.830. The van der Waals surface area contributed by atoms with Crippen LogP contribution in [0.1, 0.15) is 57.8 Å². The molecule has 0 radical (unpaired) electrons. The lowest BCUT2D eigenvalue weighted by Crippen LogP contribution is -2.37. The number of aromatic nitrogens is 2. The molecular weight excluding hydrogens is 222 g/mol. The number of imidazole rings is 1. The van der Waals surface area contributed by atoms with E-state index >= 15 is 0 Å². The number of hydrogen-bond acceptors (Lipinski definition) is 2. The van der Waals surface area contributed by atoms with Crippen LogP contribution < -0.4 is 5.32 Å². The van der Waals surface area contributed by atoms with Gasteiger partial charge in [-0.2, -0.15) is 0 Å². The normalized spacial score (nSPS) is 20.5. The highest BCUT2D eigenvalue weighted by atomic mass is 15.1. The van der Waals surface area contributed by atoms with Crippen molar-refractivity contribution in [3.05, 3.63) is 18.2 Å². The minimum atomic E-state index is 0.391. The highest BCUT2D eigenvalue weighted by molar-refractivity contribution is 5.07. The first-order valence-corrected chi connectivity index (χ1v) is 7.23. The van der Waals surface area contributed by atoms with Gasteiger partial charge in [-0.3, -0.25) is 0 Å². The third kappa shape index (κ3) is 2.46. The molecule has 1 aromatic heterocycles. The van der Waals surface area contributed by atoms with E-state index in [1.807, 2.05) is 6.20 Å². The predicted molar refractivity (Wildman–Crippen MR) is 75.4 cm³/mol. The second-order valence-electron chi connectivity index (χ2n) is 6.29. The molecule has 0 amide bonds. The van der Waals surface area contributed by atoms with Gasteiger partial charge in [-0.15, -0.1) is 0 Å². The Balaban J connectivity index is 2.31. The van der Waals surface area contributed by atoms with E-state index in [9.17, 15) is 0 Å². The lowest BCUT2D eigenvalue weighted by Gasteiger charge is -2.38. The molecule has 1 unspecified atom stereocenters. The molecule has 18 heavy (non-hydrogen) atoms. The molecule has 3 nitrogen and oxygen atoms in total. The monoisotopic (exact) mass is 249 g/mol. The second kappa shape index (κ2) is 5.43. The van der Waals surface area contributed by atoms with Crippen molar-refractivity contribution < 1.29 is 0 Å². The molecule has 1 N–H and O–H groups in total. The molecule has 102 valence electrons. The van der Waals surface area contributed by atoms with Gasteiger partial charge in [0.25, 0.3) is 0 Å². The van der Waals surface area contributed by atoms with E-state index in [1.165, 1.54) is 37.9 Å². The number of hydrogen-bond donors (Lipinski definition) is 1. The first kappa shape index (κ1) is 13.6. The summed E-state index contributed by atoms with van der Waals surface area (Å²) in [6.07, 6.45) is 10.7. The summed E-state index contributed by atoms with van der Waals surface area (Å²) in [4.78, 5) is 4.58. The van der Waals surface area contributed by atoms with Crippen LogP contribution in [0.4, 0.5) is 0 Å². The fraction of sp³-hybridized carbons (Fsp3) is 0.800. The molecule has 1 aliphatic carbocycles. The third-order valence-electron chi connectivity index (χ3n) is 4.43. The molecule has 1 aromatic rings. The molecule has 0 saturated heterocycles. The van der Waals surface area contributed by atoms with Crippen LogP contribution in [0.5, 0.6) is 0 Å². The van der Waals surface area contributed by atoms with E-state index in [-0.39, 0.29) is 0 Å². The Morgan fingerprint density at radius 1 is 1.39 bits per heavy atom. The zero-order valence-corrected chi connectivity index (χ0v) is 12.2. The van der Waals surface area contributed by atoms with Crippen molar-refractivity contribution in [1.82, 2.24) is 14.9 Å². The average molecular weight is 249 g/mol. The largest absolute Gasteiger partial charge is 0.337 e. The van der Waals surface area contributed by atoms with Crippen molar-refractivity contribution in [2.24, 2.45) is 18.4 Å². The van der Waals surface area contributed by atoms with Gasteiger partial charge in [0, 0.05) is 19.4 Å². The van der Waals surface area contributed by atoms with Crippen molar-refractivity contribution in [3.63, 3.8) is 0 Å². The topological polar surface area (TPSA) is 29.9 Å². The van der Waals surface area contributed by atoms with Gasteiger partial charge in [0.2, 0.25) is 0 Å². The maximum Gasteiger partial charge on any atom is 0.126 e. The molecule has 0 spiro atoms. The number of rotatable bonds is 5. The lowest BCUT2D eigenvalue weighted by molar-refractivity contribution is 0.153. The van der Waals surface area contributed by atoms with E-state index < -0.39 is 0 Å². The Morgan fingerprint density at radius 2 is 2.06 bits per heavy atom. The van der Waals surface area contributed by atoms with Gasteiger partial charge in [-0.25, -0.2) is 4.98 Å². The van der Waals surface area contributed by atoms with Crippen molar-refractivity contribution in [2.45, 2.75) is 52.0 Å². The van der Waals surface area contributed by atoms with Crippen LogP contribution in [0.25, 0.3) is 0 Å². The molecule has 1 saturated carbocycles. The van der Waals surface area contributed by atoms with Crippen LogP contribution in [-0.2, 0) is 7.05 Å². The molecule has 0 bridgehead atoms. The van der Waals surface area contributed by atoms with Gasteiger partial charge < -0.3 is 9.88 Å². The van der Waals surface area contributed by atoms with Gasteiger partial charge in [0.05, 0.1) is 6.04 Å². The molecule has 1 aliphatic rings. The molecule has 0 aromatic carbocycles. The van der Waals surface area contributed by atoms with Crippen molar-refractivity contribution in [2.75, 3.05) is 7.05 Å². The number of aryl methyl sites for hydroxylation is 1. The van der Waals surface area contributed by atoms with Crippen LogP contribution in [0.15, 0.2) is 12.4 Å². The summed E-state index contributed by atoms with van der Waals surface area (Å²) in [5.41, 5.74) is 0.405. The average Bonchev–Trinajstić information content (AvgIpc) is 2.90. The minimum Gasteiger partial charge on any atom is -0.337 e. The standard InChI is InChI=1S/C15H27N3/c1-12(2)11-15(7-5-6-8-15)13(16-3)14-17-9-10-18(14)4/h9-10,12-13,16H,5-8,11H2,1-4H3. The maximum absolute atomic E-state index is 4.58. The summed E-state index contributed by atoms with van der Waals surface area (Å²) in [7, 11) is 4.18. The SMILES string of the molecule is CNC(c1nccn1C)C1(CC(C)C)CCCC1. The van der Waals surface area contributed by atoms with Gasteiger partial charge >= 0.3 is 0 Å². The fourth-order valence-corrected chi connectivity index (χ4v) is 3.87. The van der Waals surface area contributed by atoms with Crippen LogP contribution >= 0.6 is 0 Å². The summed E-state index contributed by atoms with van der Waals surface area (Å²) in [6, 6.07) is 0.391. The molecule has 1 heterocycles. The predicted octanol–water partition coefficient (Wildman–Crippen LogP) is 3.29. The second-order valence-corrected chi connectivity index (χ2v) is 6.29. The Bertz CT molecular complexity index is 375. The maximum atomic E-state index is 4.58. The highest BCUT2D eigenvalue weighted by Crippen LogP contribution is 2.51. The first-order valence-electron chi connectivity index (χ1n) is 7.23. The number of nitrogens with zero attached hydrogens (tertiary/aromatic N) is 2. The highest BCUT2D eigenvalue weighted by Gasteiger charge is 2.43. The molecule has 2 rings (SSSR count). The zero-order valence-electron chi connectivity index (χ0n) is 12.2. The smallest absolute Gasteiger partial charge is 0.126 e. The van der Waals surface area contributed by atoms with Gasteiger partial charge in [-0.1, -0.05) is 26.7 Å². The van der Waals surface area contributed by atoms with Crippen LogP contribution in [-0.4, -0.2) is 16.6 Å². The Morgan fingerprint density at radius 3 is 2.50 bits per heavy atom. The molecule has 3 heteroatoms. The van der Waals surface area contributed by atoms with Crippen molar-refractivity contribution >= 4 is 0 Å². The third-order valence-corrected chi connectivity index (χ3v) is 4.43. The Labute approximate surface area is 111 Å². The molecule has 1 atom stereocenters. The lowest BCUT2D eigenvalue weighted by atomic mass is 9.72. The van der Waals surface area contributed by atoms with Gasteiger partial charge in [0.1, 0.15) is 5.82 Å². The van der Waals surface area contributed by atoms with Crippen LogP contribution in [0.3, 0.4) is 0 Å². The summed E-state index contributed by atoms with van der Waals surface area (Å²) in [5.74, 6) is 1.94. The van der Waals surface area contributed by atoms with Crippen molar-refractivity contribution in [3.8, 4) is 0 Å². The van der Waals surface area contributed by atoms with E-state index in [4.69, 9.17) is 0 Å².